The number of nitrogens with two attached hydrogens (primary N) is 1. The van der Waals surface area contributed by atoms with Crippen LogP contribution in [0.15, 0.2) is 0 Å². The molecular formula is C15H26N2O5. The smallest absolute Gasteiger partial charge is 0.411 e. The standard InChI is InChI=1S/C15H26N2O5/c1-15(2,3)22-14(19)17-8-9-7-10(16)5-6-21-12(9)11(17)13(18)20-4/h9-12H,5-8,16H2,1-4H3/t9-,10?,11-,12+/m0/s1. The number of likely N-dealkylation sites (tertiary alicyclic amines) is 1. The van der Waals surface area contributed by atoms with E-state index in [9.17, 15) is 9.59 Å². The Balaban J connectivity index is 2.21. The van der Waals surface area contributed by atoms with Crippen molar-refractivity contribution in [2.75, 3.05) is 20.3 Å². The highest BCUT2D eigenvalue weighted by atomic mass is 16.6. The van der Waals surface area contributed by atoms with Gasteiger partial charge in [-0.2, -0.15) is 0 Å². The Morgan fingerprint density at radius 3 is 2.59 bits per heavy atom. The van der Waals surface area contributed by atoms with Crippen molar-refractivity contribution < 1.29 is 23.8 Å². The number of hydrogen-bond acceptors (Lipinski definition) is 6. The molecule has 2 aliphatic rings. The highest BCUT2D eigenvalue weighted by Gasteiger charge is 2.51. The lowest BCUT2D eigenvalue weighted by molar-refractivity contribution is -0.150. The van der Waals surface area contributed by atoms with Crippen LogP contribution in [0.2, 0.25) is 0 Å². The molecule has 0 bridgehead atoms. The summed E-state index contributed by atoms with van der Waals surface area (Å²) in [6.07, 6.45) is 0.576. The molecule has 0 saturated carbocycles. The van der Waals surface area contributed by atoms with Gasteiger partial charge in [-0.05, 0) is 33.6 Å². The van der Waals surface area contributed by atoms with Gasteiger partial charge in [0.25, 0.3) is 0 Å². The van der Waals surface area contributed by atoms with Gasteiger partial charge in [0.05, 0.1) is 13.2 Å². The van der Waals surface area contributed by atoms with Crippen LogP contribution in [0.5, 0.6) is 0 Å². The third-order valence-electron chi connectivity index (χ3n) is 4.02. The van der Waals surface area contributed by atoms with E-state index < -0.39 is 23.7 Å². The van der Waals surface area contributed by atoms with Crippen LogP contribution in [0.3, 0.4) is 0 Å². The Morgan fingerprint density at radius 1 is 1.32 bits per heavy atom. The third kappa shape index (κ3) is 3.70. The Hall–Kier alpha value is -1.34. The summed E-state index contributed by atoms with van der Waals surface area (Å²) in [6, 6.07) is -0.748. The molecule has 2 saturated heterocycles. The molecule has 126 valence electrons. The van der Waals surface area contributed by atoms with Crippen molar-refractivity contribution in [1.29, 1.82) is 0 Å². The first-order chi connectivity index (χ1) is 10.2. The summed E-state index contributed by atoms with van der Waals surface area (Å²) >= 11 is 0. The summed E-state index contributed by atoms with van der Waals surface area (Å²) in [6.45, 7) is 6.25. The number of ether oxygens (including phenoxy) is 3. The van der Waals surface area contributed by atoms with Gasteiger partial charge >= 0.3 is 12.1 Å². The van der Waals surface area contributed by atoms with Crippen LogP contribution in [0.1, 0.15) is 33.6 Å². The second-order valence-electron chi connectivity index (χ2n) is 6.98. The van der Waals surface area contributed by atoms with Gasteiger partial charge in [0.2, 0.25) is 0 Å². The first kappa shape index (κ1) is 17.0. The molecule has 0 radical (unpaired) electrons. The average Bonchev–Trinajstić information content (AvgIpc) is 2.65. The number of fused-ring (bicyclic) bond motifs is 1. The number of rotatable bonds is 1. The normalized spacial score (nSPS) is 32.1. The van der Waals surface area contributed by atoms with Gasteiger partial charge in [0.15, 0.2) is 6.04 Å². The minimum atomic E-state index is -0.768. The summed E-state index contributed by atoms with van der Waals surface area (Å²) < 4.78 is 16.1. The number of hydrogen-bond donors (Lipinski definition) is 1. The van der Waals surface area contributed by atoms with Gasteiger partial charge in [-0.15, -0.1) is 0 Å². The highest BCUT2D eigenvalue weighted by Crippen LogP contribution is 2.34. The highest BCUT2D eigenvalue weighted by molar-refractivity contribution is 5.83. The molecule has 2 fully saturated rings. The number of esters is 1. The van der Waals surface area contributed by atoms with Crippen LogP contribution in [0.25, 0.3) is 0 Å². The van der Waals surface area contributed by atoms with Gasteiger partial charge < -0.3 is 19.9 Å². The Morgan fingerprint density at radius 2 is 2.00 bits per heavy atom. The Kier molecular flexibility index (Phi) is 4.97. The zero-order chi connectivity index (χ0) is 16.5. The van der Waals surface area contributed by atoms with Gasteiger partial charge in [0.1, 0.15) is 5.60 Å². The van der Waals surface area contributed by atoms with Crippen molar-refractivity contribution in [3.05, 3.63) is 0 Å². The minimum absolute atomic E-state index is 0.0203. The SMILES string of the molecule is COC(=O)[C@@H]1[C@@H]2OCCC(N)C[C@H]2CN1C(=O)OC(C)(C)C. The van der Waals surface area contributed by atoms with Crippen LogP contribution in [0.4, 0.5) is 4.79 Å². The predicted octanol–water partition coefficient (Wildman–Crippen LogP) is 0.901. The third-order valence-corrected chi connectivity index (χ3v) is 4.02. The molecule has 1 unspecified atom stereocenters. The molecule has 0 aromatic carbocycles. The summed E-state index contributed by atoms with van der Waals surface area (Å²) in [5.74, 6) is -0.456. The van der Waals surface area contributed by atoms with Crippen molar-refractivity contribution in [2.45, 2.75) is 57.4 Å². The molecule has 0 spiro atoms. The summed E-state index contributed by atoms with van der Waals surface area (Å²) in [5.41, 5.74) is 5.41. The first-order valence-electron chi connectivity index (χ1n) is 7.67. The van der Waals surface area contributed by atoms with E-state index in [0.29, 0.717) is 13.2 Å². The lowest BCUT2D eigenvalue weighted by Crippen LogP contribution is -2.48. The zero-order valence-electron chi connectivity index (χ0n) is 13.7. The zero-order valence-corrected chi connectivity index (χ0v) is 13.7. The number of methoxy groups -OCH3 is 1. The maximum Gasteiger partial charge on any atom is 0.411 e. The molecule has 22 heavy (non-hydrogen) atoms. The van der Waals surface area contributed by atoms with E-state index in [4.69, 9.17) is 19.9 Å². The number of amides is 1. The molecule has 7 heteroatoms. The molecule has 2 aliphatic heterocycles. The quantitative estimate of drug-likeness (QED) is 0.723. The predicted molar refractivity (Wildman–Crippen MR) is 79.2 cm³/mol. The van der Waals surface area contributed by atoms with E-state index in [1.807, 2.05) is 0 Å². The molecule has 2 rings (SSSR count). The monoisotopic (exact) mass is 314 g/mol. The van der Waals surface area contributed by atoms with Crippen LogP contribution < -0.4 is 5.73 Å². The van der Waals surface area contributed by atoms with Crippen molar-refractivity contribution in [3.8, 4) is 0 Å². The molecule has 2 heterocycles. The van der Waals surface area contributed by atoms with E-state index in [1.54, 1.807) is 20.8 Å². The molecule has 4 atom stereocenters. The van der Waals surface area contributed by atoms with E-state index in [1.165, 1.54) is 12.0 Å². The average molecular weight is 314 g/mol. The van der Waals surface area contributed by atoms with Gasteiger partial charge in [-0.3, -0.25) is 4.90 Å². The van der Waals surface area contributed by atoms with E-state index in [0.717, 1.165) is 12.8 Å². The lowest BCUT2D eigenvalue weighted by Gasteiger charge is -2.28. The summed E-state index contributed by atoms with van der Waals surface area (Å²) in [7, 11) is 1.31. The molecule has 2 N–H and O–H groups in total. The molecule has 7 nitrogen and oxygen atoms in total. The van der Waals surface area contributed by atoms with Gasteiger partial charge in [-0.25, -0.2) is 9.59 Å². The topological polar surface area (TPSA) is 91.1 Å². The first-order valence-corrected chi connectivity index (χ1v) is 7.67. The number of carbonyl (C=O) groups excluding carboxylic acids is 2. The van der Waals surface area contributed by atoms with E-state index in [2.05, 4.69) is 0 Å². The van der Waals surface area contributed by atoms with Crippen molar-refractivity contribution >= 4 is 12.1 Å². The fourth-order valence-corrected chi connectivity index (χ4v) is 3.09. The molecule has 0 aromatic rings. The molecule has 0 aromatic heterocycles. The van der Waals surface area contributed by atoms with Gasteiger partial charge in [-0.1, -0.05) is 0 Å². The van der Waals surface area contributed by atoms with Crippen LogP contribution in [0, 0.1) is 5.92 Å². The second kappa shape index (κ2) is 6.42. The molecule has 1 amide bonds. The molecular weight excluding hydrogens is 288 g/mol. The van der Waals surface area contributed by atoms with Crippen molar-refractivity contribution in [3.63, 3.8) is 0 Å². The second-order valence-corrected chi connectivity index (χ2v) is 6.98. The maximum absolute atomic E-state index is 12.4. The summed E-state index contributed by atoms with van der Waals surface area (Å²) in [4.78, 5) is 26.0. The number of nitrogens with zero attached hydrogens (tertiary/aromatic N) is 1. The lowest BCUT2D eigenvalue weighted by atomic mass is 9.95. The van der Waals surface area contributed by atoms with Crippen molar-refractivity contribution in [1.82, 2.24) is 4.90 Å². The Labute approximate surface area is 131 Å². The minimum Gasteiger partial charge on any atom is -0.467 e. The van der Waals surface area contributed by atoms with E-state index in [-0.39, 0.29) is 18.1 Å². The van der Waals surface area contributed by atoms with E-state index >= 15 is 0 Å². The fraction of sp³-hybridized carbons (Fsp3) is 0.867. The largest absolute Gasteiger partial charge is 0.467 e. The fourth-order valence-electron chi connectivity index (χ4n) is 3.09. The maximum atomic E-state index is 12.4. The van der Waals surface area contributed by atoms with Crippen LogP contribution in [-0.4, -0.2) is 61.0 Å². The summed E-state index contributed by atoms with van der Waals surface area (Å²) in [5, 5.41) is 0. The van der Waals surface area contributed by atoms with Crippen molar-refractivity contribution in [2.24, 2.45) is 11.7 Å². The van der Waals surface area contributed by atoms with Crippen LogP contribution in [-0.2, 0) is 19.0 Å². The Bertz CT molecular complexity index is 434. The number of carbonyl (C=O) groups is 2. The van der Waals surface area contributed by atoms with Gasteiger partial charge in [0, 0.05) is 25.1 Å². The molecule has 0 aliphatic carbocycles. The van der Waals surface area contributed by atoms with Crippen LogP contribution >= 0.6 is 0 Å².